The lowest BCUT2D eigenvalue weighted by Crippen LogP contribution is -2.62. The number of carbonyl (C=O) groups is 12. The zero-order chi connectivity index (χ0) is 68.7. The summed E-state index contributed by atoms with van der Waals surface area (Å²) in [5, 5.41) is 43.9. The molecule has 13 unspecified atom stereocenters. The molecular formula is C61H84N12O19. The van der Waals surface area contributed by atoms with Crippen molar-refractivity contribution in [3.05, 3.63) is 44.6 Å². The average Bonchev–Trinajstić information content (AvgIpc) is 0.930. The second kappa shape index (κ2) is 27.9. The van der Waals surface area contributed by atoms with Crippen LogP contribution in [0.5, 0.6) is 0 Å². The van der Waals surface area contributed by atoms with Crippen LogP contribution in [-0.2, 0) is 57.4 Å². The predicted octanol–water partition coefficient (Wildman–Crippen LogP) is -2.61. The van der Waals surface area contributed by atoms with Gasteiger partial charge in [0.15, 0.2) is 11.3 Å². The highest BCUT2D eigenvalue weighted by Gasteiger charge is 2.51. The first-order valence-electron chi connectivity index (χ1n) is 30.4. The minimum Gasteiger partial charge on any atom is -0.459 e. The number of hydrogen-bond acceptors (Lipinski definition) is 21. The molecule has 0 spiro atoms. The molecule has 0 radical (unpaired) electrons. The summed E-state index contributed by atoms with van der Waals surface area (Å²) in [6.45, 7) is 14.1. The maximum atomic E-state index is 15.0. The Morgan fingerprint density at radius 3 is 1.93 bits per heavy atom. The number of aromatic nitrogens is 1. The van der Waals surface area contributed by atoms with E-state index in [1.165, 1.54) is 61.1 Å². The van der Waals surface area contributed by atoms with E-state index >= 15 is 0 Å². The van der Waals surface area contributed by atoms with Crippen LogP contribution in [-0.4, -0.2) is 254 Å². The van der Waals surface area contributed by atoms with Gasteiger partial charge in [0.25, 0.3) is 5.91 Å². The lowest BCUT2D eigenvalue weighted by Gasteiger charge is -2.37. The molecule has 5 aliphatic heterocycles. The summed E-state index contributed by atoms with van der Waals surface area (Å²) in [5.41, 5.74) is 2.89. The minimum atomic E-state index is -2.17. The van der Waals surface area contributed by atoms with Crippen molar-refractivity contribution in [3.63, 3.8) is 0 Å². The topological polar surface area (TPSA) is 421 Å². The van der Waals surface area contributed by atoms with Crippen LogP contribution in [0.4, 0.5) is 5.69 Å². The van der Waals surface area contributed by atoms with Crippen molar-refractivity contribution in [3.8, 4) is 11.5 Å². The predicted molar refractivity (Wildman–Crippen MR) is 325 cm³/mol. The summed E-state index contributed by atoms with van der Waals surface area (Å²) < 4.78 is 17.8. The number of ether oxygens (including phenoxy) is 2. The van der Waals surface area contributed by atoms with Crippen LogP contribution in [0.1, 0.15) is 107 Å². The van der Waals surface area contributed by atoms with Gasteiger partial charge >= 0.3 is 11.9 Å². The van der Waals surface area contributed by atoms with Crippen LogP contribution < -0.4 is 32.4 Å². The van der Waals surface area contributed by atoms with Crippen LogP contribution in [0.15, 0.2) is 21.3 Å². The third-order valence-corrected chi connectivity index (χ3v) is 17.6. The molecule has 31 nitrogen and oxygen atoms in total. The van der Waals surface area contributed by atoms with Gasteiger partial charge in [-0.1, -0.05) is 47.6 Å². The highest BCUT2D eigenvalue weighted by molar-refractivity contribution is 6.09. The second-order valence-corrected chi connectivity index (χ2v) is 25.4. The number of nitrogens with one attached hydrogen (secondary N) is 4. The number of carbonyl (C=O) groups excluding carboxylic acids is 12. The summed E-state index contributed by atoms with van der Waals surface area (Å²) >= 11 is 0. The van der Waals surface area contributed by atoms with E-state index in [4.69, 9.17) is 19.6 Å². The van der Waals surface area contributed by atoms with E-state index in [0.717, 1.165) is 29.4 Å². The Bertz CT molecular complexity index is 3500. The number of nitrogen functional groups attached to an aromatic ring is 1. The summed E-state index contributed by atoms with van der Waals surface area (Å²) in [6, 6.07) is -10.1. The summed E-state index contributed by atoms with van der Waals surface area (Å²) in [5.74, 6) is -13.6. The Morgan fingerprint density at radius 2 is 1.33 bits per heavy atom. The molecule has 9 N–H and O–H groups in total. The van der Waals surface area contributed by atoms with Crippen LogP contribution in [0.2, 0.25) is 0 Å². The van der Waals surface area contributed by atoms with Crippen molar-refractivity contribution >= 4 is 87.8 Å². The minimum absolute atomic E-state index is 0.0278. The van der Waals surface area contributed by atoms with E-state index in [1.54, 1.807) is 55.4 Å². The fourth-order valence-corrected chi connectivity index (χ4v) is 12.0. The van der Waals surface area contributed by atoms with Crippen molar-refractivity contribution in [1.29, 1.82) is 0 Å². The molecule has 0 bridgehead atoms. The zero-order valence-electron chi connectivity index (χ0n) is 54.2. The molecule has 5 heterocycles. The summed E-state index contributed by atoms with van der Waals surface area (Å²) in [4.78, 5) is 196. The number of likely N-dealkylation sites (N-methyl/N-ethyl adjacent to an activating group) is 4. The molecule has 1 aliphatic carbocycles. The standard InChI is InChI=1S/C61H84N12O19/c1-24(2)41-57(85)72-20-32(74)19-34(72)56(84)68(12)21-37(77)70(14)30(10)52(80)67-45(55(83)64-41)36(76)23-90-60(88)39-40(62)49(79)29(9)51-46(39)63-44-33(17-16-27(7)50(44)92-51)53(81)66-43-31(11)91-61(89)47(26(5)6)71(15)38(78)22-69(13)59(87)48-35(75)18-28(8)73(48)58(86)42(25(3)4)65-54(43)82/h16-17,24-26,28,30-32,34-36,41-43,45,47-48,74-76H,18-23,62H2,1-15H3,(H,64,83)(H,65,82)(H,66,81)(H,67,80). The molecule has 1 aromatic rings. The van der Waals surface area contributed by atoms with Crippen LogP contribution in [0.3, 0.4) is 0 Å². The number of rotatable bonds is 9. The number of nitrogens with two attached hydrogens (primary N) is 1. The van der Waals surface area contributed by atoms with Crippen LogP contribution >= 0.6 is 0 Å². The van der Waals surface area contributed by atoms with Gasteiger partial charge in [-0.15, -0.1) is 0 Å². The lowest BCUT2D eigenvalue weighted by molar-refractivity contribution is -0.163. The average molecular weight is 1290 g/mol. The number of anilines is 1. The molecule has 1 aromatic carbocycles. The molecule has 92 heavy (non-hydrogen) atoms. The van der Waals surface area contributed by atoms with Crippen molar-refractivity contribution in [2.45, 2.75) is 168 Å². The molecule has 7 rings (SSSR count). The highest BCUT2D eigenvalue weighted by atomic mass is 16.6. The number of cyclic esters (lactones) is 1. The van der Waals surface area contributed by atoms with Gasteiger partial charge in [-0.2, -0.15) is 0 Å². The zero-order valence-corrected chi connectivity index (χ0v) is 54.2. The summed E-state index contributed by atoms with van der Waals surface area (Å²) in [6.07, 6.45) is -6.46. The maximum Gasteiger partial charge on any atom is 0.342 e. The Morgan fingerprint density at radius 1 is 0.750 bits per heavy atom. The first-order chi connectivity index (χ1) is 42.9. The first kappa shape index (κ1) is 70.6. The highest BCUT2D eigenvalue weighted by Crippen LogP contribution is 2.36. The molecule has 4 fully saturated rings. The molecule has 10 amide bonds. The summed E-state index contributed by atoms with van der Waals surface area (Å²) in [7, 11) is 5.21. The second-order valence-electron chi connectivity index (χ2n) is 25.4. The fraction of sp³-hybridized carbons (Fsp3) is 0.607. The number of aliphatic hydroxyl groups is 3. The number of aryl methyl sites for hydroxylation is 1. The Kier molecular flexibility index (Phi) is 21.4. The van der Waals surface area contributed by atoms with Crippen molar-refractivity contribution in [1.82, 2.24) is 55.7 Å². The van der Waals surface area contributed by atoms with E-state index in [1.807, 2.05) is 0 Å². The van der Waals surface area contributed by atoms with Crippen molar-refractivity contribution < 1.29 is 86.7 Å². The van der Waals surface area contributed by atoms with Crippen molar-refractivity contribution in [2.24, 2.45) is 17.8 Å². The lowest BCUT2D eigenvalue weighted by atomic mass is 9.99. The van der Waals surface area contributed by atoms with Gasteiger partial charge in [-0.3, -0.25) is 52.7 Å². The van der Waals surface area contributed by atoms with E-state index < -0.39 is 210 Å². The Balaban J connectivity index is 1.26. The van der Waals surface area contributed by atoms with E-state index in [9.17, 15) is 77.6 Å². The van der Waals surface area contributed by atoms with Gasteiger partial charge < -0.3 is 85.6 Å². The largest absolute Gasteiger partial charge is 0.459 e. The number of hydrogen-bond donors (Lipinski definition) is 8. The number of esters is 2. The monoisotopic (exact) mass is 1290 g/mol. The first-order valence-corrected chi connectivity index (χ1v) is 30.4. The SMILES string of the molecule is Cc1c2oc3c(C)ccc(C(=O)NC4C(=O)NC(C(C)C)C(=O)N5C(C)CC(O)C5C(=O)N(C)CC(=O)N(C)C(C(C)C)C(=O)OC4C)c3nc-2c(C(=O)OCC(O)C2NC(=O)C(C)N(C)C(=O)CN(C)C(=O)C3CC(O)CN3C(=O)C(C(C)C)NC2=O)c(N)c1=O. The molecule has 502 valence electrons. The number of amides is 10. The van der Waals surface area contributed by atoms with Gasteiger partial charge in [0.05, 0.1) is 36.5 Å². The molecule has 6 aliphatic rings. The van der Waals surface area contributed by atoms with Crippen LogP contribution in [0.25, 0.3) is 22.6 Å². The molecule has 0 saturated carbocycles. The third kappa shape index (κ3) is 14.0. The van der Waals surface area contributed by atoms with Gasteiger partial charge in [0.1, 0.15) is 83.9 Å². The molecule has 13 atom stereocenters. The van der Waals surface area contributed by atoms with Crippen molar-refractivity contribution in [2.75, 3.05) is 60.2 Å². The van der Waals surface area contributed by atoms with Crippen LogP contribution in [0, 0.1) is 31.6 Å². The fourth-order valence-electron chi connectivity index (χ4n) is 12.0. The molecule has 31 heteroatoms. The molecule has 0 aromatic heterocycles. The van der Waals surface area contributed by atoms with Gasteiger partial charge in [-0.25, -0.2) is 14.6 Å². The van der Waals surface area contributed by atoms with E-state index in [-0.39, 0.29) is 47.4 Å². The smallest absolute Gasteiger partial charge is 0.342 e. The number of aliphatic hydroxyl groups excluding tert-OH is 3. The third-order valence-electron chi connectivity index (χ3n) is 17.6. The Hall–Kier alpha value is -8.84. The quantitative estimate of drug-likeness (QED) is 0.0618. The number of benzene rings is 2. The van der Waals surface area contributed by atoms with Gasteiger partial charge in [-0.05, 0) is 70.4 Å². The Labute approximate surface area is 530 Å². The number of nitrogens with zero attached hydrogens (tertiary/aromatic N) is 7. The van der Waals surface area contributed by atoms with E-state index in [2.05, 4.69) is 26.3 Å². The van der Waals surface area contributed by atoms with Gasteiger partial charge in [0, 0.05) is 52.8 Å². The maximum absolute atomic E-state index is 15.0. The molecule has 4 saturated heterocycles. The number of fused-ring (bicyclic) bond motifs is 4. The normalized spacial score (nSPS) is 27.7. The van der Waals surface area contributed by atoms with Gasteiger partial charge in [0.2, 0.25) is 58.6 Å². The van der Waals surface area contributed by atoms with E-state index in [0.29, 0.717) is 5.56 Å². The molecular weight excluding hydrogens is 1200 g/mol.